The quantitative estimate of drug-likeness (QED) is 0.713. The van der Waals surface area contributed by atoms with Crippen LogP contribution in [0.25, 0.3) is 0 Å². The maximum Gasteiger partial charge on any atom is 0.312 e. The number of aromatic nitrogens is 1. The van der Waals surface area contributed by atoms with E-state index in [1.165, 1.54) is 0 Å². The van der Waals surface area contributed by atoms with Crippen LogP contribution in [0.3, 0.4) is 0 Å². The van der Waals surface area contributed by atoms with Gasteiger partial charge in [-0.3, -0.25) is 4.79 Å². The van der Waals surface area contributed by atoms with E-state index in [0.717, 1.165) is 11.1 Å². The minimum absolute atomic E-state index is 0.238. The number of nitrogens with one attached hydrogen (secondary N) is 2. The molecule has 0 aliphatic carbocycles. The van der Waals surface area contributed by atoms with Crippen molar-refractivity contribution in [1.29, 1.82) is 0 Å². The predicted octanol–water partition coefficient (Wildman–Crippen LogP) is 1.33. The third kappa shape index (κ3) is 5.28. The fraction of sp³-hybridized carbons (Fsp3) is 0.235. The number of benzene rings is 1. The third-order valence-electron chi connectivity index (χ3n) is 3.27. The molecule has 0 bridgehead atoms. The first kappa shape index (κ1) is 17.3. The van der Waals surface area contributed by atoms with Crippen LogP contribution in [0.15, 0.2) is 48.7 Å². The molecule has 7 heteroatoms. The molecule has 1 aromatic carbocycles. The van der Waals surface area contributed by atoms with E-state index in [0.29, 0.717) is 12.5 Å². The van der Waals surface area contributed by atoms with Crippen LogP contribution in [0.5, 0.6) is 5.88 Å². The summed E-state index contributed by atoms with van der Waals surface area (Å²) in [5.74, 6) is 0.115. The van der Waals surface area contributed by atoms with Gasteiger partial charge in [-0.15, -0.1) is 0 Å². The van der Waals surface area contributed by atoms with E-state index in [1.807, 2.05) is 36.4 Å². The number of primary amides is 1. The lowest BCUT2D eigenvalue weighted by Gasteiger charge is -2.14. The molecule has 2 aromatic rings. The highest BCUT2D eigenvalue weighted by Crippen LogP contribution is 2.15. The summed E-state index contributed by atoms with van der Waals surface area (Å²) < 4.78 is 5.73. The van der Waals surface area contributed by atoms with E-state index in [9.17, 15) is 9.59 Å². The first-order chi connectivity index (χ1) is 11.6. The fourth-order valence-corrected chi connectivity index (χ4v) is 2.03. The monoisotopic (exact) mass is 328 g/mol. The lowest BCUT2D eigenvalue weighted by molar-refractivity contribution is -0.122. The smallest absolute Gasteiger partial charge is 0.312 e. The first-order valence-electron chi connectivity index (χ1n) is 7.50. The molecule has 0 aliphatic rings. The molecule has 0 saturated heterocycles. The van der Waals surface area contributed by atoms with Gasteiger partial charge >= 0.3 is 6.03 Å². The largest absolute Gasteiger partial charge is 0.473 e. The summed E-state index contributed by atoms with van der Waals surface area (Å²) in [4.78, 5) is 26.9. The van der Waals surface area contributed by atoms with Crippen molar-refractivity contribution in [3.05, 3.63) is 59.8 Å². The van der Waals surface area contributed by atoms with Crippen molar-refractivity contribution in [3.63, 3.8) is 0 Å². The van der Waals surface area contributed by atoms with Gasteiger partial charge in [0.1, 0.15) is 12.6 Å². The summed E-state index contributed by atoms with van der Waals surface area (Å²) in [6, 6.07) is 11.9. The van der Waals surface area contributed by atoms with Crippen LogP contribution in [0.2, 0.25) is 0 Å². The Kier molecular flexibility index (Phi) is 6.13. The van der Waals surface area contributed by atoms with Crippen LogP contribution in [0, 0.1) is 0 Å². The normalized spacial score (nSPS) is 11.4. The summed E-state index contributed by atoms with van der Waals surface area (Å²) in [5.41, 5.74) is 6.77. The van der Waals surface area contributed by atoms with Crippen LogP contribution in [0.1, 0.15) is 18.1 Å². The maximum atomic E-state index is 11.9. The number of hydrogen-bond donors (Lipinski definition) is 3. The highest BCUT2D eigenvalue weighted by atomic mass is 16.5. The highest BCUT2D eigenvalue weighted by molar-refractivity contribution is 5.86. The van der Waals surface area contributed by atoms with E-state index in [2.05, 4.69) is 15.6 Å². The number of nitrogens with zero attached hydrogens (tertiary/aromatic N) is 1. The summed E-state index contributed by atoms with van der Waals surface area (Å²) in [5, 5.41) is 5.03. The van der Waals surface area contributed by atoms with Crippen LogP contribution < -0.4 is 21.1 Å². The predicted molar refractivity (Wildman–Crippen MR) is 89.0 cm³/mol. The molecular weight excluding hydrogens is 308 g/mol. The second-order valence-corrected chi connectivity index (χ2v) is 5.19. The molecule has 4 N–H and O–H groups in total. The average molecular weight is 328 g/mol. The molecule has 0 spiro atoms. The van der Waals surface area contributed by atoms with E-state index in [-0.39, 0.29) is 12.5 Å². The fourth-order valence-electron chi connectivity index (χ4n) is 2.03. The lowest BCUT2D eigenvalue weighted by atomic mass is 10.2. The van der Waals surface area contributed by atoms with Crippen molar-refractivity contribution < 1.29 is 14.3 Å². The van der Waals surface area contributed by atoms with Crippen molar-refractivity contribution in [3.8, 4) is 5.88 Å². The topological polar surface area (TPSA) is 106 Å². The van der Waals surface area contributed by atoms with Crippen LogP contribution in [-0.2, 0) is 17.9 Å². The van der Waals surface area contributed by atoms with Crippen molar-refractivity contribution in [2.24, 2.45) is 5.73 Å². The number of pyridine rings is 1. The van der Waals surface area contributed by atoms with Gasteiger partial charge in [-0.05, 0) is 18.6 Å². The van der Waals surface area contributed by atoms with Crippen LogP contribution in [0.4, 0.5) is 4.79 Å². The summed E-state index contributed by atoms with van der Waals surface area (Å²) in [6.07, 6.45) is 1.63. The Morgan fingerprint density at radius 1 is 1.21 bits per heavy atom. The lowest BCUT2D eigenvalue weighted by Crippen LogP contribution is -2.46. The molecule has 0 radical (unpaired) electrons. The van der Waals surface area contributed by atoms with Gasteiger partial charge in [-0.1, -0.05) is 36.4 Å². The Bertz CT molecular complexity index is 691. The molecule has 24 heavy (non-hydrogen) atoms. The second kappa shape index (κ2) is 8.52. The van der Waals surface area contributed by atoms with Crippen molar-refractivity contribution in [1.82, 2.24) is 15.6 Å². The number of ether oxygens (including phenoxy) is 1. The van der Waals surface area contributed by atoms with E-state index >= 15 is 0 Å². The summed E-state index contributed by atoms with van der Waals surface area (Å²) >= 11 is 0. The number of carbonyl (C=O) groups is 2. The van der Waals surface area contributed by atoms with Crippen molar-refractivity contribution in [2.45, 2.75) is 26.1 Å². The van der Waals surface area contributed by atoms with Gasteiger partial charge in [-0.25, -0.2) is 9.78 Å². The van der Waals surface area contributed by atoms with Gasteiger partial charge < -0.3 is 21.1 Å². The van der Waals surface area contributed by atoms with Gasteiger partial charge in [0.25, 0.3) is 0 Å². The Labute approximate surface area is 140 Å². The number of nitrogens with two attached hydrogens (primary N) is 1. The van der Waals surface area contributed by atoms with Crippen LogP contribution >= 0.6 is 0 Å². The number of hydrogen-bond acceptors (Lipinski definition) is 4. The van der Waals surface area contributed by atoms with E-state index in [4.69, 9.17) is 10.5 Å². The second-order valence-electron chi connectivity index (χ2n) is 5.19. The molecule has 126 valence electrons. The van der Waals surface area contributed by atoms with Crippen molar-refractivity contribution in [2.75, 3.05) is 0 Å². The zero-order valence-electron chi connectivity index (χ0n) is 13.4. The van der Waals surface area contributed by atoms with E-state index < -0.39 is 12.1 Å². The minimum atomic E-state index is -0.745. The van der Waals surface area contributed by atoms with Gasteiger partial charge in [0.2, 0.25) is 11.8 Å². The van der Waals surface area contributed by atoms with Crippen LogP contribution in [-0.4, -0.2) is 23.0 Å². The SMILES string of the molecule is C[C@H](NC(N)=O)C(=O)NCc1cccnc1OCc1ccccc1. The summed E-state index contributed by atoms with van der Waals surface area (Å²) in [7, 11) is 0. The first-order valence-corrected chi connectivity index (χ1v) is 7.50. The van der Waals surface area contributed by atoms with Crippen molar-refractivity contribution >= 4 is 11.9 Å². The van der Waals surface area contributed by atoms with Gasteiger partial charge in [0.05, 0.1) is 0 Å². The number of rotatable bonds is 7. The molecular formula is C17H20N4O3. The molecule has 2 rings (SSSR count). The van der Waals surface area contributed by atoms with E-state index in [1.54, 1.807) is 19.2 Å². The molecule has 0 fully saturated rings. The molecule has 7 nitrogen and oxygen atoms in total. The molecule has 1 heterocycles. The average Bonchev–Trinajstić information content (AvgIpc) is 2.58. The minimum Gasteiger partial charge on any atom is -0.473 e. The molecule has 0 saturated carbocycles. The number of amides is 3. The zero-order valence-corrected chi connectivity index (χ0v) is 13.4. The standard InChI is InChI=1S/C17H20N4O3/c1-12(21-17(18)23)15(22)20-10-14-8-5-9-19-16(14)24-11-13-6-3-2-4-7-13/h2-9,12H,10-11H2,1H3,(H,20,22)(H3,18,21,23)/t12-/m0/s1. The molecule has 3 amide bonds. The number of carbonyl (C=O) groups excluding carboxylic acids is 2. The van der Waals surface area contributed by atoms with Gasteiger partial charge in [-0.2, -0.15) is 0 Å². The molecule has 0 aliphatic heterocycles. The Balaban J connectivity index is 1.93. The molecule has 1 aromatic heterocycles. The number of urea groups is 1. The van der Waals surface area contributed by atoms with Gasteiger partial charge in [0, 0.05) is 18.3 Å². The Hall–Kier alpha value is -3.09. The zero-order chi connectivity index (χ0) is 17.4. The third-order valence-corrected chi connectivity index (χ3v) is 3.27. The maximum absolute atomic E-state index is 11.9. The summed E-state index contributed by atoms with van der Waals surface area (Å²) in [6.45, 7) is 2.18. The highest BCUT2D eigenvalue weighted by Gasteiger charge is 2.14. The molecule has 1 atom stereocenters. The van der Waals surface area contributed by atoms with Gasteiger partial charge in [0.15, 0.2) is 0 Å². The Morgan fingerprint density at radius 2 is 1.96 bits per heavy atom. The molecule has 0 unspecified atom stereocenters. The Morgan fingerprint density at radius 3 is 2.67 bits per heavy atom.